The average Bonchev–Trinajstić information content (AvgIpc) is 2.00. The second-order valence-corrected chi connectivity index (χ2v) is 2.94. The Bertz CT molecular complexity index is 169. The lowest BCUT2D eigenvalue weighted by molar-refractivity contribution is -0.139. The van der Waals surface area contributed by atoms with Crippen LogP contribution >= 0.6 is 23.2 Å². The van der Waals surface area contributed by atoms with Crippen molar-refractivity contribution in [1.29, 1.82) is 0 Å². The highest BCUT2D eigenvalue weighted by atomic mass is 35.5. The van der Waals surface area contributed by atoms with Crippen LogP contribution in [-0.4, -0.2) is 27.6 Å². The van der Waals surface area contributed by atoms with Crippen molar-refractivity contribution >= 4 is 35.0 Å². The summed E-state index contributed by atoms with van der Waals surface area (Å²) in [6, 6.07) is 0. The van der Waals surface area contributed by atoms with E-state index in [2.05, 4.69) is 0 Å². The van der Waals surface area contributed by atoms with Crippen molar-refractivity contribution in [3.05, 3.63) is 0 Å². The zero-order valence-corrected chi connectivity index (χ0v) is 7.39. The van der Waals surface area contributed by atoms with Gasteiger partial charge in [0.2, 0.25) is 0 Å². The fourth-order valence-corrected chi connectivity index (χ4v) is 0.824. The minimum atomic E-state index is -1.52. The Labute approximate surface area is 74.3 Å². The van der Waals surface area contributed by atoms with E-state index in [1.54, 1.807) is 6.92 Å². The van der Waals surface area contributed by atoms with Gasteiger partial charge in [0, 0.05) is 0 Å². The summed E-state index contributed by atoms with van der Waals surface area (Å²) < 4.78 is 0. The SMILES string of the molecule is CCC(Cl)C(=O)C(Cl)C(=O)O. The molecule has 0 rings (SSSR count). The third kappa shape index (κ3) is 3.08. The maximum Gasteiger partial charge on any atom is 0.329 e. The van der Waals surface area contributed by atoms with Crippen molar-refractivity contribution in [2.75, 3.05) is 0 Å². The molecule has 5 heteroatoms. The first kappa shape index (κ1) is 10.7. The standard InChI is InChI=1S/C6H8Cl2O3/c1-2-3(7)5(9)4(8)6(10)11/h3-4H,2H2,1H3,(H,10,11). The Kier molecular flexibility index (Phi) is 4.45. The monoisotopic (exact) mass is 198 g/mol. The van der Waals surface area contributed by atoms with Gasteiger partial charge in [-0.25, -0.2) is 0 Å². The number of aliphatic carboxylic acids is 1. The molecule has 2 unspecified atom stereocenters. The zero-order valence-electron chi connectivity index (χ0n) is 5.88. The third-order valence-electron chi connectivity index (χ3n) is 1.13. The van der Waals surface area contributed by atoms with Crippen molar-refractivity contribution < 1.29 is 14.7 Å². The molecule has 0 amide bonds. The summed E-state index contributed by atoms with van der Waals surface area (Å²) in [5.74, 6) is -2.00. The van der Waals surface area contributed by atoms with Gasteiger partial charge in [0.1, 0.15) is 0 Å². The Morgan fingerprint density at radius 1 is 1.45 bits per heavy atom. The van der Waals surface area contributed by atoms with Crippen LogP contribution in [0.1, 0.15) is 13.3 Å². The molecule has 0 fully saturated rings. The number of halogens is 2. The highest BCUT2D eigenvalue weighted by molar-refractivity contribution is 6.46. The number of alkyl halides is 2. The van der Waals surface area contributed by atoms with Gasteiger partial charge in [-0.15, -0.1) is 23.2 Å². The van der Waals surface area contributed by atoms with E-state index in [9.17, 15) is 9.59 Å². The normalized spacial score (nSPS) is 15.5. The van der Waals surface area contributed by atoms with Gasteiger partial charge in [-0.05, 0) is 6.42 Å². The van der Waals surface area contributed by atoms with Gasteiger partial charge >= 0.3 is 5.97 Å². The van der Waals surface area contributed by atoms with E-state index in [0.717, 1.165) is 0 Å². The number of hydrogen-bond donors (Lipinski definition) is 1. The van der Waals surface area contributed by atoms with Crippen LogP contribution in [0.2, 0.25) is 0 Å². The molecule has 3 nitrogen and oxygen atoms in total. The highest BCUT2D eigenvalue weighted by Gasteiger charge is 2.27. The molecule has 0 aromatic heterocycles. The maximum atomic E-state index is 10.9. The first-order valence-corrected chi connectivity index (χ1v) is 3.92. The molecule has 0 spiro atoms. The number of rotatable bonds is 4. The summed E-state index contributed by atoms with van der Waals surface area (Å²) in [6.07, 6.45) is 0.386. The molecule has 0 bridgehead atoms. The Hall–Kier alpha value is -0.280. The molecule has 1 N–H and O–H groups in total. The van der Waals surface area contributed by atoms with Gasteiger partial charge in [0.25, 0.3) is 0 Å². The van der Waals surface area contributed by atoms with Crippen LogP contribution in [-0.2, 0) is 9.59 Å². The van der Waals surface area contributed by atoms with Crippen LogP contribution in [0.3, 0.4) is 0 Å². The first-order valence-electron chi connectivity index (χ1n) is 3.05. The third-order valence-corrected chi connectivity index (χ3v) is 2.06. The lowest BCUT2D eigenvalue weighted by atomic mass is 10.2. The molecular weight excluding hydrogens is 191 g/mol. The van der Waals surface area contributed by atoms with Crippen molar-refractivity contribution in [2.45, 2.75) is 24.1 Å². The largest absolute Gasteiger partial charge is 0.480 e. The van der Waals surface area contributed by atoms with Gasteiger partial charge in [0.05, 0.1) is 5.38 Å². The molecule has 0 aromatic carbocycles. The number of ketones is 1. The second-order valence-electron chi connectivity index (χ2n) is 1.98. The molecule has 0 aromatic rings. The van der Waals surface area contributed by atoms with E-state index in [0.29, 0.717) is 6.42 Å². The summed E-state index contributed by atoms with van der Waals surface area (Å²) in [5, 5.41) is 5.97. The van der Waals surface area contributed by atoms with Crippen LogP contribution in [0.15, 0.2) is 0 Å². The first-order chi connectivity index (χ1) is 5.00. The van der Waals surface area contributed by atoms with Gasteiger partial charge in [0.15, 0.2) is 11.2 Å². The number of carboxylic acids is 1. The highest BCUT2D eigenvalue weighted by Crippen LogP contribution is 2.09. The maximum absolute atomic E-state index is 10.9. The van der Waals surface area contributed by atoms with E-state index in [1.165, 1.54) is 0 Å². The molecule has 0 aliphatic carbocycles. The number of carbonyl (C=O) groups excluding carboxylic acids is 1. The molecule has 0 heterocycles. The van der Waals surface area contributed by atoms with Gasteiger partial charge in [-0.1, -0.05) is 6.92 Å². The molecule has 2 atom stereocenters. The molecule has 64 valence electrons. The lowest BCUT2D eigenvalue weighted by Gasteiger charge is -2.06. The van der Waals surface area contributed by atoms with E-state index in [4.69, 9.17) is 28.3 Å². The average molecular weight is 199 g/mol. The summed E-state index contributed by atoms with van der Waals surface area (Å²) in [5.41, 5.74) is 0. The van der Waals surface area contributed by atoms with Crippen molar-refractivity contribution in [2.24, 2.45) is 0 Å². The lowest BCUT2D eigenvalue weighted by Crippen LogP contribution is -2.30. The molecule has 0 saturated carbocycles. The van der Waals surface area contributed by atoms with E-state index >= 15 is 0 Å². The number of carboxylic acid groups (broad SMARTS) is 1. The molecular formula is C6H8Cl2O3. The van der Waals surface area contributed by atoms with Crippen LogP contribution in [0.5, 0.6) is 0 Å². The summed E-state index contributed by atoms with van der Waals surface area (Å²) in [7, 11) is 0. The van der Waals surface area contributed by atoms with E-state index in [1.807, 2.05) is 0 Å². The summed E-state index contributed by atoms with van der Waals surface area (Å²) in [4.78, 5) is 21.0. The zero-order chi connectivity index (χ0) is 9.02. The van der Waals surface area contributed by atoms with Crippen molar-refractivity contribution in [3.8, 4) is 0 Å². The number of hydrogen-bond acceptors (Lipinski definition) is 2. The second kappa shape index (κ2) is 4.57. The summed E-state index contributed by atoms with van der Waals surface area (Å²) in [6.45, 7) is 1.68. The predicted octanol–water partition coefficient (Wildman–Crippen LogP) is 1.26. The van der Waals surface area contributed by atoms with Crippen LogP contribution in [0, 0.1) is 0 Å². The van der Waals surface area contributed by atoms with E-state index < -0.39 is 22.5 Å². The van der Waals surface area contributed by atoms with Crippen molar-refractivity contribution in [3.63, 3.8) is 0 Å². The fourth-order valence-electron chi connectivity index (χ4n) is 0.482. The molecule has 0 aliphatic rings. The van der Waals surface area contributed by atoms with Crippen molar-refractivity contribution in [1.82, 2.24) is 0 Å². The quantitative estimate of drug-likeness (QED) is 0.547. The molecule has 0 aliphatic heterocycles. The minimum Gasteiger partial charge on any atom is -0.480 e. The van der Waals surface area contributed by atoms with Gasteiger partial charge in [-0.3, -0.25) is 9.59 Å². The van der Waals surface area contributed by atoms with E-state index in [-0.39, 0.29) is 0 Å². The van der Waals surface area contributed by atoms with Crippen LogP contribution in [0.4, 0.5) is 0 Å². The summed E-state index contributed by atoms with van der Waals surface area (Å²) >= 11 is 10.7. The predicted molar refractivity (Wildman–Crippen MR) is 42.2 cm³/mol. The number of Topliss-reactive ketones (excluding diaryl/α,β-unsaturated/α-hetero) is 1. The van der Waals surface area contributed by atoms with Gasteiger partial charge in [-0.2, -0.15) is 0 Å². The van der Waals surface area contributed by atoms with Crippen LogP contribution < -0.4 is 0 Å². The van der Waals surface area contributed by atoms with Crippen LogP contribution in [0.25, 0.3) is 0 Å². The molecule has 11 heavy (non-hydrogen) atoms. The number of carbonyl (C=O) groups is 2. The Morgan fingerprint density at radius 2 is 1.91 bits per heavy atom. The molecule has 0 radical (unpaired) electrons. The molecule has 0 saturated heterocycles. The fraction of sp³-hybridized carbons (Fsp3) is 0.667. The Balaban J connectivity index is 4.13. The smallest absolute Gasteiger partial charge is 0.329 e. The van der Waals surface area contributed by atoms with Gasteiger partial charge < -0.3 is 5.11 Å². The Morgan fingerprint density at radius 3 is 2.18 bits per heavy atom. The minimum absolute atomic E-state index is 0.386. The topological polar surface area (TPSA) is 54.4 Å².